The Bertz CT molecular complexity index is 229. The van der Waals surface area contributed by atoms with E-state index in [2.05, 4.69) is 5.32 Å². The van der Waals surface area contributed by atoms with Crippen LogP contribution in [0.1, 0.15) is 19.8 Å². The van der Waals surface area contributed by atoms with Crippen molar-refractivity contribution in [3.8, 4) is 0 Å². The molecule has 2 unspecified atom stereocenters. The number of carboxylic acids is 1. The van der Waals surface area contributed by atoms with Gasteiger partial charge >= 0.3 is 5.97 Å². The van der Waals surface area contributed by atoms with Crippen molar-refractivity contribution in [1.29, 1.82) is 0 Å². The van der Waals surface area contributed by atoms with Crippen LogP contribution in [0.4, 0.5) is 0 Å². The Morgan fingerprint density at radius 3 is 2.57 bits per heavy atom. The summed E-state index contributed by atoms with van der Waals surface area (Å²) in [4.78, 5) is 21.7. The van der Waals surface area contributed by atoms with E-state index in [1.807, 2.05) is 0 Å². The molecule has 0 saturated carbocycles. The number of carboxylic acid groups (broad SMARTS) is 1. The molecule has 80 valence electrons. The normalized spacial score (nSPS) is 27.8. The summed E-state index contributed by atoms with van der Waals surface area (Å²) in [6, 6.07) is -0.299. The Morgan fingerprint density at radius 1 is 1.36 bits per heavy atom. The standard InChI is InChI=1S/C9H15NO4/c1-6(11)10-8-3-5-14-4-2-7(8)9(12)13/h7-8H,2-5H2,1H3,(H,10,11)(H,12,13). The molecule has 14 heavy (non-hydrogen) atoms. The summed E-state index contributed by atoms with van der Waals surface area (Å²) in [5, 5.41) is 11.6. The molecule has 1 heterocycles. The van der Waals surface area contributed by atoms with Gasteiger partial charge in [0.15, 0.2) is 0 Å². The van der Waals surface area contributed by atoms with Crippen molar-refractivity contribution < 1.29 is 19.4 Å². The monoisotopic (exact) mass is 201 g/mol. The minimum atomic E-state index is -0.866. The Labute approximate surface area is 82.4 Å². The number of amides is 1. The summed E-state index contributed by atoms with van der Waals surface area (Å²) in [7, 11) is 0. The molecule has 0 aliphatic carbocycles. The summed E-state index contributed by atoms with van der Waals surface area (Å²) < 4.78 is 5.17. The number of carbonyl (C=O) groups is 2. The first-order valence-corrected chi connectivity index (χ1v) is 4.69. The molecule has 2 atom stereocenters. The molecule has 5 heteroatoms. The molecular weight excluding hydrogens is 186 g/mol. The first kappa shape index (κ1) is 11.0. The van der Waals surface area contributed by atoms with Gasteiger partial charge in [0.1, 0.15) is 0 Å². The molecule has 1 fully saturated rings. The highest BCUT2D eigenvalue weighted by Gasteiger charge is 2.30. The Balaban J connectivity index is 2.63. The van der Waals surface area contributed by atoms with Crippen molar-refractivity contribution in [2.24, 2.45) is 5.92 Å². The molecule has 0 spiro atoms. The third-order valence-corrected chi connectivity index (χ3v) is 2.34. The zero-order chi connectivity index (χ0) is 10.6. The summed E-state index contributed by atoms with van der Waals surface area (Å²) >= 11 is 0. The van der Waals surface area contributed by atoms with E-state index in [4.69, 9.17) is 9.84 Å². The van der Waals surface area contributed by atoms with Crippen LogP contribution in [0, 0.1) is 5.92 Å². The van der Waals surface area contributed by atoms with Gasteiger partial charge in [-0.25, -0.2) is 0 Å². The van der Waals surface area contributed by atoms with Crippen LogP contribution in [0.5, 0.6) is 0 Å². The van der Waals surface area contributed by atoms with Crippen molar-refractivity contribution in [2.45, 2.75) is 25.8 Å². The summed E-state index contributed by atoms with van der Waals surface area (Å²) in [5.74, 6) is -1.58. The van der Waals surface area contributed by atoms with E-state index in [0.29, 0.717) is 26.1 Å². The quantitative estimate of drug-likeness (QED) is 0.659. The second-order valence-corrected chi connectivity index (χ2v) is 3.44. The van der Waals surface area contributed by atoms with Crippen LogP contribution in [0.15, 0.2) is 0 Å². The van der Waals surface area contributed by atoms with E-state index >= 15 is 0 Å². The van der Waals surface area contributed by atoms with Crippen LogP contribution in [0.3, 0.4) is 0 Å². The molecule has 0 aromatic rings. The van der Waals surface area contributed by atoms with Crippen LogP contribution in [-0.2, 0) is 14.3 Å². The van der Waals surface area contributed by atoms with Crippen molar-refractivity contribution >= 4 is 11.9 Å². The minimum absolute atomic E-state index is 0.192. The fourth-order valence-corrected chi connectivity index (χ4v) is 1.65. The molecule has 1 aliphatic rings. The van der Waals surface area contributed by atoms with Gasteiger partial charge in [-0.15, -0.1) is 0 Å². The molecule has 5 nitrogen and oxygen atoms in total. The molecular formula is C9H15NO4. The maximum atomic E-state index is 10.9. The summed E-state index contributed by atoms with van der Waals surface area (Å²) in [5.41, 5.74) is 0. The third kappa shape index (κ3) is 2.99. The average molecular weight is 201 g/mol. The molecule has 1 rings (SSSR count). The predicted molar refractivity (Wildman–Crippen MR) is 48.8 cm³/mol. The summed E-state index contributed by atoms with van der Waals surface area (Å²) in [6.07, 6.45) is 1.02. The van der Waals surface area contributed by atoms with E-state index in [9.17, 15) is 9.59 Å². The van der Waals surface area contributed by atoms with Gasteiger partial charge in [-0.1, -0.05) is 0 Å². The number of hydrogen-bond acceptors (Lipinski definition) is 3. The number of nitrogens with one attached hydrogen (secondary N) is 1. The fraction of sp³-hybridized carbons (Fsp3) is 0.778. The van der Waals surface area contributed by atoms with E-state index < -0.39 is 11.9 Å². The molecule has 1 amide bonds. The van der Waals surface area contributed by atoms with Gasteiger partial charge in [-0.2, -0.15) is 0 Å². The van der Waals surface area contributed by atoms with Crippen LogP contribution >= 0.6 is 0 Å². The van der Waals surface area contributed by atoms with Crippen molar-refractivity contribution in [3.05, 3.63) is 0 Å². The van der Waals surface area contributed by atoms with Crippen LogP contribution in [-0.4, -0.2) is 36.2 Å². The van der Waals surface area contributed by atoms with E-state index in [1.165, 1.54) is 6.92 Å². The molecule has 0 bridgehead atoms. The van der Waals surface area contributed by atoms with Gasteiger partial charge in [0, 0.05) is 26.2 Å². The van der Waals surface area contributed by atoms with Gasteiger partial charge in [0.2, 0.25) is 5.91 Å². The topological polar surface area (TPSA) is 75.6 Å². The van der Waals surface area contributed by atoms with Crippen molar-refractivity contribution in [1.82, 2.24) is 5.32 Å². The number of carbonyl (C=O) groups excluding carboxylic acids is 1. The highest BCUT2D eigenvalue weighted by Crippen LogP contribution is 2.16. The van der Waals surface area contributed by atoms with Gasteiger partial charge in [-0.05, 0) is 12.8 Å². The molecule has 0 radical (unpaired) electrons. The second-order valence-electron chi connectivity index (χ2n) is 3.44. The second kappa shape index (κ2) is 4.95. The number of ether oxygens (including phenoxy) is 1. The zero-order valence-electron chi connectivity index (χ0n) is 8.16. The Hall–Kier alpha value is -1.10. The fourth-order valence-electron chi connectivity index (χ4n) is 1.65. The number of aliphatic carboxylic acids is 1. The van der Waals surface area contributed by atoms with E-state index in [1.54, 1.807) is 0 Å². The lowest BCUT2D eigenvalue weighted by Crippen LogP contribution is -2.42. The van der Waals surface area contributed by atoms with Crippen LogP contribution < -0.4 is 5.32 Å². The lowest BCUT2D eigenvalue weighted by atomic mass is 9.95. The average Bonchev–Trinajstić information content (AvgIpc) is 2.28. The predicted octanol–water partition coefficient (Wildman–Crippen LogP) is 0.00230. The third-order valence-electron chi connectivity index (χ3n) is 2.34. The lowest BCUT2D eigenvalue weighted by molar-refractivity contribution is -0.143. The lowest BCUT2D eigenvalue weighted by Gasteiger charge is -2.21. The van der Waals surface area contributed by atoms with Gasteiger partial charge in [0.25, 0.3) is 0 Å². The maximum Gasteiger partial charge on any atom is 0.308 e. The molecule has 2 N–H and O–H groups in total. The Morgan fingerprint density at radius 2 is 2.00 bits per heavy atom. The first-order chi connectivity index (χ1) is 6.61. The zero-order valence-corrected chi connectivity index (χ0v) is 8.16. The minimum Gasteiger partial charge on any atom is -0.481 e. The van der Waals surface area contributed by atoms with Crippen molar-refractivity contribution in [3.63, 3.8) is 0 Å². The van der Waals surface area contributed by atoms with E-state index in [-0.39, 0.29) is 11.9 Å². The van der Waals surface area contributed by atoms with Gasteiger partial charge in [0.05, 0.1) is 5.92 Å². The largest absolute Gasteiger partial charge is 0.481 e. The van der Waals surface area contributed by atoms with Crippen LogP contribution in [0.2, 0.25) is 0 Å². The van der Waals surface area contributed by atoms with Crippen LogP contribution in [0.25, 0.3) is 0 Å². The highest BCUT2D eigenvalue weighted by atomic mass is 16.5. The van der Waals surface area contributed by atoms with Gasteiger partial charge < -0.3 is 15.2 Å². The van der Waals surface area contributed by atoms with Crippen molar-refractivity contribution in [2.75, 3.05) is 13.2 Å². The first-order valence-electron chi connectivity index (χ1n) is 4.69. The SMILES string of the molecule is CC(=O)NC1CCOCCC1C(=O)O. The smallest absolute Gasteiger partial charge is 0.308 e. The van der Waals surface area contributed by atoms with E-state index in [0.717, 1.165) is 0 Å². The molecule has 1 aliphatic heterocycles. The number of rotatable bonds is 2. The maximum absolute atomic E-state index is 10.9. The molecule has 1 saturated heterocycles. The summed E-state index contributed by atoms with van der Waals surface area (Å²) in [6.45, 7) is 2.35. The highest BCUT2D eigenvalue weighted by molar-refractivity contribution is 5.76. The molecule has 0 aromatic heterocycles. The number of hydrogen-bond donors (Lipinski definition) is 2. The van der Waals surface area contributed by atoms with Gasteiger partial charge in [-0.3, -0.25) is 9.59 Å². The Kier molecular flexibility index (Phi) is 3.88. The molecule has 0 aromatic carbocycles.